The summed E-state index contributed by atoms with van der Waals surface area (Å²) in [4.78, 5) is 41.4. The molecule has 9 aromatic heterocycles. The molecule has 3 saturated carbocycles. The van der Waals surface area contributed by atoms with E-state index in [4.69, 9.17) is 15.0 Å². The Labute approximate surface area is 842 Å². The second-order valence-corrected chi connectivity index (χ2v) is 39.7. The zero-order chi connectivity index (χ0) is 95.8. The summed E-state index contributed by atoms with van der Waals surface area (Å²) >= 11 is 0. The molecule has 0 aliphatic heterocycles. The molecule has 0 amide bonds. The molecule has 0 saturated heterocycles. The first-order chi connectivity index (χ1) is 71.2. The molecule has 6 aliphatic rings. The van der Waals surface area contributed by atoms with Crippen molar-refractivity contribution in [1.29, 1.82) is 0 Å². The van der Waals surface area contributed by atoms with Crippen molar-refractivity contribution in [2.45, 2.75) is 113 Å². The van der Waals surface area contributed by atoms with Crippen LogP contribution in [-0.4, -0.2) is 44.9 Å². The lowest BCUT2D eigenvalue weighted by Crippen LogP contribution is -2.27. The molecule has 12 aromatic carbocycles. The first kappa shape index (κ1) is 88.4. The van der Waals surface area contributed by atoms with E-state index in [-0.39, 0.29) is 16.2 Å². The standard InChI is InChI=1S/3C45H35N3/c1-4-20-45(21-5-1)41-17-3-2-16-39(41)40-26-34(18-19-42(40)45)32-11-6-10-31(24-32)33-12-7-13-35(25-33)43-27-38(36-14-8-22-46-29-36)28-44(48-43)37-15-9-23-47-30-37;1-4-21-45(22-5-1)41-14-3-2-13-39(41)40-26-34(19-20-42(40)45)32-17-15-31(16-18-32)33-9-6-10-35(25-33)43-27-38(36-11-7-23-46-29-36)28-44(48-43)37-12-8-24-47-30-37;1-4-21-45(22-5-1)41-14-3-2-13-39(41)40-26-35(19-20-42(40)45)34-10-6-9-33(25-34)31-15-17-32(18-16-31)43-27-38(36-11-7-23-46-29-36)28-44(48-43)37-12-8-24-47-30-37/h2-3,6-19,22-30H,1,4-5,20-21H2;2*2-3,6-20,23-30H,1,4-5,21-22H2. The number of aromatic nitrogens is 9. The molecule has 144 heavy (non-hydrogen) atoms. The summed E-state index contributed by atoms with van der Waals surface area (Å²) in [7, 11) is 0. The molecule has 0 N–H and O–H groups in total. The van der Waals surface area contributed by atoms with Gasteiger partial charge < -0.3 is 0 Å². The summed E-state index contributed by atoms with van der Waals surface area (Å²) < 4.78 is 0. The highest BCUT2D eigenvalue weighted by Gasteiger charge is 2.47. The molecule has 690 valence electrons. The van der Waals surface area contributed by atoms with Gasteiger partial charge in [0.2, 0.25) is 0 Å². The minimum atomic E-state index is 0.185. The number of pyridine rings is 9. The molecule has 0 atom stereocenters. The van der Waals surface area contributed by atoms with Gasteiger partial charge in [-0.1, -0.05) is 307 Å². The van der Waals surface area contributed by atoms with Crippen molar-refractivity contribution in [2.24, 2.45) is 0 Å². The summed E-state index contributed by atoms with van der Waals surface area (Å²) in [5.41, 5.74) is 51.0. The van der Waals surface area contributed by atoms with E-state index >= 15 is 0 Å². The predicted octanol–water partition coefficient (Wildman–Crippen LogP) is 34.3. The summed E-state index contributed by atoms with van der Waals surface area (Å²) in [5.74, 6) is 0. The molecule has 3 spiro atoms. The van der Waals surface area contributed by atoms with E-state index in [9.17, 15) is 0 Å². The molecule has 0 bridgehead atoms. The molecule has 21 aromatic rings. The highest BCUT2D eigenvalue weighted by atomic mass is 14.8. The van der Waals surface area contributed by atoms with Crippen LogP contribution in [0.25, 0.3) is 201 Å². The van der Waals surface area contributed by atoms with Crippen LogP contribution in [0.1, 0.15) is 130 Å². The van der Waals surface area contributed by atoms with Crippen LogP contribution >= 0.6 is 0 Å². The molecule has 9 heteroatoms. The summed E-state index contributed by atoms with van der Waals surface area (Å²) in [6.45, 7) is 0. The average molecular weight is 1850 g/mol. The summed E-state index contributed by atoms with van der Waals surface area (Å²) in [6.07, 6.45) is 41.6. The van der Waals surface area contributed by atoms with Crippen molar-refractivity contribution in [2.75, 3.05) is 0 Å². The Kier molecular flexibility index (Phi) is 23.7. The number of hydrogen-bond acceptors (Lipinski definition) is 9. The predicted molar refractivity (Wildman–Crippen MR) is 589 cm³/mol. The van der Waals surface area contributed by atoms with Crippen LogP contribution < -0.4 is 0 Å². The largest absolute Gasteiger partial charge is 0.264 e. The van der Waals surface area contributed by atoms with Gasteiger partial charge >= 0.3 is 0 Å². The molecule has 27 rings (SSSR count). The summed E-state index contributed by atoms with van der Waals surface area (Å²) in [6, 6.07) is 139. The quantitative estimate of drug-likeness (QED) is 0.0989. The monoisotopic (exact) mass is 1850 g/mol. The zero-order valence-corrected chi connectivity index (χ0v) is 80.4. The molecule has 0 radical (unpaired) electrons. The maximum Gasteiger partial charge on any atom is 0.0731 e. The van der Waals surface area contributed by atoms with Gasteiger partial charge in [0.05, 0.1) is 34.2 Å². The number of fused-ring (bicyclic) bond motifs is 15. The fourth-order valence-corrected chi connectivity index (χ4v) is 24.3. The van der Waals surface area contributed by atoms with Crippen molar-refractivity contribution in [3.05, 3.63) is 490 Å². The topological polar surface area (TPSA) is 116 Å². The first-order valence-electron chi connectivity index (χ1n) is 51.1. The Morgan fingerprint density at radius 3 is 0.625 bits per heavy atom. The third-order valence-corrected chi connectivity index (χ3v) is 31.4. The fraction of sp³-hybridized carbons (Fsp3) is 0.133. The van der Waals surface area contributed by atoms with E-state index in [2.05, 4.69) is 376 Å². The van der Waals surface area contributed by atoms with E-state index < -0.39 is 0 Å². The van der Waals surface area contributed by atoms with Crippen LogP contribution in [-0.2, 0) is 16.2 Å². The van der Waals surface area contributed by atoms with Crippen LogP contribution in [0.15, 0.2) is 457 Å². The maximum absolute atomic E-state index is 5.13. The lowest BCUT2D eigenvalue weighted by atomic mass is 9.68. The smallest absolute Gasteiger partial charge is 0.0731 e. The number of hydrogen-bond donors (Lipinski definition) is 0. The van der Waals surface area contributed by atoms with Gasteiger partial charge in [-0.3, -0.25) is 29.9 Å². The Balaban J connectivity index is 0.000000113. The van der Waals surface area contributed by atoms with Crippen molar-refractivity contribution < 1.29 is 0 Å². The van der Waals surface area contributed by atoms with E-state index in [1.165, 1.54) is 213 Å². The number of benzene rings is 12. The van der Waals surface area contributed by atoms with Crippen LogP contribution in [0, 0.1) is 0 Å². The molecule has 0 unspecified atom stereocenters. The SMILES string of the molecule is c1cncc(-c2cc(-c3ccc(-c4cccc(-c5ccc6c(c5)-c5ccccc5C65CCCCC5)c4)cc3)nc(-c3cccnc3)c2)c1.c1cncc(-c2cc(-c3cccnc3)nc(-c3cccc(-c4ccc(-c5ccc6c(c5)-c5ccccc5C65CCCCC5)cc4)c3)c2)c1.c1cncc(-c2cc(-c3cccnc3)nc(-c3cccc(-c4cccc(-c5ccc6c(c5)-c5ccccc5C65CCCCC5)c4)c3)c2)c1. The third kappa shape index (κ3) is 16.9. The Morgan fingerprint density at radius 1 is 0.132 bits per heavy atom. The Morgan fingerprint density at radius 2 is 0.340 bits per heavy atom. The minimum Gasteiger partial charge on any atom is -0.264 e. The van der Waals surface area contributed by atoms with E-state index in [0.717, 1.165) is 106 Å². The van der Waals surface area contributed by atoms with Crippen LogP contribution in [0.4, 0.5) is 0 Å². The van der Waals surface area contributed by atoms with Gasteiger partial charge in [-0.25, -0.2) is 15.0 Å². The van der Waals surface area contributed by atoms with Crippen molar-refractivity contribution in [1.82, 2.24) is 44.9 Å². The zero-order valence-electron chi connectivity index (χ0n) is 80.4. The Hall–Kier alpha value is -17.0. The van der Waals surface area contributed by atoms with E-state index in [1.807, 2.05) is 73.6 Å². The molecule has 3 fully saturated rings. The van der Waals surface area contributed by atoms with Gasteiger partial charge in [0, 0.05) is 141 Å². The first-order valence-corrected chi connectivity index (χ1v) is 51.1. The van der Waals surface area contributed by atoms with Gasteiger partial charge in [0.25, 0.3) is 0 Å². The molecule has 6 aliphatic carbocycles. The third-order valence-electron chi connectivity index (χ3n) is 31.4. The molecular formula is C135H105N9. The van der Waals surface area contributed by atoms with E-state index in [1.54, 1.807) is 48.3 Å². The minimum absolute atomic E-state index is 0.185. The molecule has 9 heterocycles. The van der Waals surface area contributed by atoms with Crippen molar-refractivity contribution in [3.63, 3.8) is 0 Å². The number of rotatable bonds is 15. The van der Waals surface area contributed by atoms with Crippen molar-refractivity contribution in [3.8, 4) is 201 Å². The lowest BCUT2D eigenvalue weighted by molar-refractivity contribution is 0.353. The Bertz CT molecular complexity index is 8150. The lowest BCUT2D eigenvalue weighted by Gasteiger charge is -2.36. The molecule has 9 nitrogen and oxygen atoms in total. The van der Waals surface area contributed by atoms with Gasteiger partial charge in [0.1, 0.15) is 0 Å². The van der Waals surface area contributed by atoms with Gasteiger partial charge in [-0.15, -0.1) is 0 Å². The van der Waals surface area contributed by atoms with Crippen LogP contribution in [0.5, 0.6) is 0 Å². The number of nitrogens with zero attached hydrogens (tertiary/aromatic N) is 9. The normalized spacial score (nSPS) is 14.4. The van der Waals surface area contributed by atoms with Gasteiger partial charge in [-0.2, -0.15) is 0 Å². The molecular weight excluding hydrogens is 1750 g/mol. The highest BCUT2D eigenvalue weighted by Crippen LogP contribution is 2.60. The van der Waals surface area contributed by atoms with Crippen LogP contribution in [0.3, 0.4) is 0 Å². The average Bonchev–Trinajstić information content (AvgIpc) is 1.57. The van der Waals surface area contributed by atoms with E-state index in [0.29, 0.717) is 0 Å². The second-order valence-electron chi connectivity index (χ2n) is 39.7. The van der Waals surface area contributed by atoms with Crippen LogP contribution in [0.2, 0.25) is 0 Å². The van der Waals surface area contributed by atoms with Crippen molar-refractivity contribution >= 4 is 0 Å². The second kappa shape index (κ2) is 38.5. The highest BCUT2D eigenvalue weighted by molar-refractivity contribution is 5.92. The summed E-state index contributed by atoms with van der Waals surface area (Å²) in [5, 5.41) is 0. The van der Waals surface area contributed by atoms with Gasteiger partial charge in [-0.05, 0) is 322 Å². The fourth-order valence-electron chi connectivity index (χ4n) is 24.3. The van der Waals surface area contributed by atoms with Gasteiger partial charge in [0.15, 0.2) is 0 Å². The maximum atomic E-state index is 5.13.